The maximum absolute atomic E-state index is 14.7. The van der Waals surface area contributed by atoms with Gasteiger partial charge in [0.15, 0.2) is 0 Å². The van der Waals surface area contributed by atoms with Gasteiger partial charge in [0.1, 0.15) is 17.2 Å². The van der Waals surface area contributed by atoms with Crippen LogP contribution in [0.2, 0.25) is 0 Å². The van der Waals surface area contributed by atoms with Gasteiger partial charge < -0.3 is 4.74 Å². The number of halogens is 4. The summed E-state index contributed by atoms with van der Waals surface area (Å²) in [5.74, 6) is -0.916. The lowest BCUT2D eigenvalue weighted by Gasteiger charge is -2.14. The van der Waals surface area contributed by atoms with Crippen LogP contribution in [-0.2, 0) is 16.2 Å². The molecular weight excluding hydrogens is 480 g/mol. The van der Waals surface area contributed by atoms with E-state index in [1.54, 1.807) is 0 Å². The second-order valence-electron chi connectivity index (χ2n) is 6.95. The number of nitrogens with zero attached hydrogens (tertiary/aromatic N) is 3. The number of pyridine rings is 2. The molecule has 176 valence electrons. The van der Waals surface area contributed by atoms with Crippen LogP contribution in [-0.4, -0.2) is 29.9 Å². The Morgan fingerprint density at radius 3 is 2.41 bits per heavy atom. The van der Waals surface area contributed by atoms with E-state index in [2.05, 4.69) is 14.7 Å². The molecular formula is C21H14F4N4O4S. The lowest BCUT2D eigenvalue weighted by atomic mass is 10.1. The van der Waals surface area contributed by atoms with Gasteiger partial charge in [0, 0.05) is 41.9 Å². The molecule has 0 saturated heterocycles. The summed E-state index contributed by atoms with van der Waals surface area (Å²) >= 11 is 0. The van der Waals surface area contributed by atoms with Gasteiger partial charge in [-0.1, -0.05) is 0 Å². The largest absolute Gasteiger partial charge is 0.480 e. The van der Waals surface area contributed by atoms with Crippen LogP contribution in [0.25, 0.3) is 16.8 Å². The molecule has 1 N–H and O–H groups in total. The second-order valence-corrected chi connectivity index (χ2v) is 8.64. The standard InChI is InChI=1S/C21H14F4N4O4S/c1-33-20-17(28-34(31,32)14-4-2-13(3-5-14)21(23,24)25)8-12(10-27-20)15-11-29-18(9-16(15)22)26-7-6-19(29)30/h2-11,28H,1H3. The Morgan fingerprint density at radius 2 is 1.76 bits per heavy atom. The van der Waals surface area contributed by atoms with Crippen molar-refractivity contribution in [3.05, 3.63) is 82.8 Å². The van der Waals surface area contributed by atoms with Crippen LogP contribution in [0.15, 0.2) is 70.7 Å². The smallest absolute Gasteiger partial charge is 0.416 e. The van der Waals surface area contributed by atoms with Crippen molar-refractivity contribution < 1.29 is 30.7 Å². The van der Waals surface area contributed by atoms with Crippen molar-refractivity contribution in [2.75, 3.05) is 11.8 Å². The first-order valence-electron chi connectivity index (χ1n) is 9.41. The fourth-order valence-electron chi connectivity index (χ4n) is 3.13. The van der Waals surface area contributed by atoms with Crippen LogP contribution in [0.3, 0.4) is 0 Å². The summed E-state index contributed by atoms with van der Waals surface area (Å²) in [7, 11) is -3.13. The van der Waals surface area contributed by atoms with E-state index in [0.29, 0.717) is 12.1 Å². The predicted molar refractivity (Wildman–Crippen MR) is 113 cm³/mol. The van der Waals surface area contributed by atoms with Gasteiger partial charge in [-0.2, -0.15) is 13.2 Å². The summed E-state index contributed by atoms with van der Waals surface area (Å²) in [4.78, 5) is 19.5. The minimum atomic E-state index is -4.63. The third-order valence-electron chi connectivity index (χ3n) is 4.77. The molecule has 4 rings (SSSR count). The number of benzene rings is 1. The Bertz CT molecular complexity index is 1550. The maximum Gasteiger partial charge on any atom is 0.416 e. The van der Waals surface area contributed by atoms with Gasteiger partial charge in [0.25, 0.3) is 15.6 Å². The first kappa shape index (κ1) is 23.2. The fourth-order valence-corrected chi connectivity index (χ4v) is 4.17. The zero-order valence-electron chi connectivity index (χ0n) is 17.2. The number of anilines is 1. The normalized spacial score (nSPS) is 12.0. The molecule has 0 unspecified atom stereocenters. The van der Waals surface area contributed by atoms with Gasteiger partial charge in [0.2, 0.25) is 5.88 Å². The monoisotopic (exact) mass is 494 g/mol. The molecule has 13 heteroatoms. The third-order valence-corrected chi connectivity index (χ3v) is 6.15. The predicted octanol–water partition coefficient (Wildman–Crippen LogP) is 3.72. The van der Waals surface area contributed by atoms with E-state index in [-0.39, 0.29) is 28.3 Å². The number of aromatic nitrogens is 3. The second kappa shape index (κ2) is 8.41. The summed E-state index contributed by atoms with van der Waals surface area (Å²) in [5.41, 5.74) is -1.58. The summed E-state index contributed by atoms with van der Waals surface area (Å²) in [6.07, 6.45) is -0.990. The lowest BCUT2D eigenvalue weighted by Crippen LogP contribution is -2.15. The van der Waals surface area contributed by atoms with Crippen molar-refractivity contribution in [3.63, 3.8) is 0 Å². The Morgan fingerprint density at radius 1 is 1.06 bits per heavy atom. The van der Waals surface area contributed by atoms with Crippen LogP contribution < -0.4 is 15.0 Å². The summed E-state index contributed by atoms with van der Waals surface area (Å²) in [6.45, 7) is 0. The van der Waals surface area contributed by atoms with Crippen LogP contribution in [0.1, 0.15) is 5.56 Å². The van der Waals surface area contributed by atoms with Crippen molar-refractivity contribution in [1.29, 1.82) is 0 Å². The minimum absolute atomic E-state index is 0.0680. The van der Waals surface area contributed by atoms with E-state index in [1.807, 2.05) is 0 Å². The average molecular weight is 494 g/mol. The van der Waals surface area contributed by atoms with E-state index in [9.17, 15) is 30.8 Å². The number of fused-ring (bicyclic) bond motifs is 1. The molecule has 3 heterocycles. The number of hydrogen-bond donors (Lipinski definition) is 1. The Balaban J connectivity index is 1.75. The summed E-state index contributed by atoms with van der Waals surface area (Å²) < 4.78 is 86.9. The molecule has 1 aromatic carbocycles. The molecule has 4 aromatic rings. The van der Waals surface area contributed by atoms with E-state index >= 15 is 0 Å². The Kier molecular flexibility index (Phi) is 5.73. The average Bonchev–Trinajstić information content (AvgIpc) is 2.78. The third kappa shape index (κ3) is 4.41. The highest BCUT2D eigenvalue weighted by Crippen LogP contribution is 2.33. The van der Waals surface area contributed by atoms with Crippen molar-refractivity contribution >= 4 is 21.4 Å². The van der Waals surface area contributed by atoms with Crippen molar-refractivity contribution in [1.82, 2.24) is 14.4 Å². The molecule has 0 aliphatic rings. The van der Waals surface area contributed by atoms with Gasteiger partial charge in [0.05, 0.1) is 17.6 Å². The number of alkyl halides is 3. The van der Waals surface area contributed by atoms with E-state index in [1.165, 1.54) is 37.8 Å². The number of sulfonamides is 1. The maximum atomic E-state index is 14.7. The highest BCUT2D eigenvalue weighted by atomic mass is 32.2. The molecule has 0 atom stereocenters. The zero-order valence-corrected chi connectivity index (χ0v) is 18.0. The summed E-state index contributed by atoms with van der Waals surface area (Å²) in [6, 6.07) is 6.32. The van der Waals surface area contributed by atoms with Crippen LogP contribution in [0.5, 0.6) is 5.88 Å². The van der Waals surface area contributed by atoms with Crippen LogP contribution in [0.4, 0.5) is 23.2 Å². The first-order chi connectivity index (χ1) is 16.0. The number of methoxy groups -OCH3 is 1. The molecule has 0 amide bonds. The fraction of sp³-hybridized carbons (Fsp3) is 0.0952. The van der Waals surface area contributed by atoms with Crippen molar-refractivity contribution in [2.45, 2.75) is 11.1 Å². The van der Waals surface area contributed by atoms with E-state index < -0.39 is 38.0 Å². The molecule has 0 fully saturated rings. The minimum Gasteiger partial charge on any atom is -0.480 e. The SMILES string of the molecule is COc1ncc(-c2cn3c(=O)ccnc3cc2F)cc1NS(=O)(=O)c1ccc(C(F)(F)F)cc1. The van der Waals surface area contributed by atoms with Gasteiger partial charge in [-0.05, 0) is 30.3 Å². The van der Waals surface area contributed by atoms with E-state index in [4.69, 9.17) is 4.74 Å². The van der Waals surface area contributed by atoms with E-state index in [0.717, 1.165) is 22.6 Å². The van der Waals surface area contributed by atoms with Crippen molar-refractivity contribution in [2.24, 2.45) is 0 Å². The highest BCUT2D eigenvalue weighted by Gasteiger charge is 2.30. The molecule has 3 aromatic heterocycles. The number of ether oxygens (including phenoxy) is 1. The molecule has 0 aliphatic heterocycles. The quantitative estimate of drug-likeness (QED) is 0.425. The molecule has 0 radical (unpaired) electrons. The van der Waals surface area contributed by atoms with Gasteiger partial charge in [-0.15, -0.1) is 0 Å². The molecule has 0 saturated carbocycles. The van der Waals surface area contributed by atoms with Crippen molar-refractivity contribution in [3.8, 4) is 17.0 Å². The Labute approximate surface area is 189 Å². The molecule has 0 bridgehead atoms. The number of hydrogen-bond acceptors (Lipinski definition) is 6. The lowest BCUT2D eigenvalue weighted by molar-refractivity contribution is -0.137. The Hall–Kier alpha value is -4.00. The van der Waals surface area contributed by atoms with Gasteiger partial charge in [-0.3, -0.25) is 13.9 Å². The number of nitrogens with one attached hydrogen (secondary N) is 1. The van der Waals surface area contributed by atoms with Crippen LogP contribution >= 0.6 is 0 Å². The highest BCUT2D eigenvalue weighted by molar-refractivity contribution is 7.92. The number of rotatable bonds is 5. The van der Waals surface area contributed by atoms with Crippen LogP contribution in [0, 0.1) is 5.82 Å². The summed E-state index contributed by atoms with van der Waals surface area (Å²) in [5, 5.41) is 0. The molecule has 0 aliphatic carbocycles. The molecule has 0 spiro atoms. The zero-order chi connectivity index (χ0) is 24.7. The molecule has 8 nitrogen and oxygen atoms in total. The molecule has 34 heavy (non-hydrogen) atoms. The van der Waals surface area contributed by atoms with Gasteiger partial charge >= 0.3 is 6.18 Å². The topological polar surface area (TPSA) is 103 Å². The first-order valence-corrected chi connectivity index (χ1v) is 10.9. The van der Waals surface area contributed by atoms with Gasteiger partial charge in [-0.25, -0.2) is 22.8 Å².